The quantitative estimate of drug-likeness (QED) is 0.745. The van der Waals surface area contributed by atoms with Crippen LogP contribution in [-0.4, -0.2) is 39.8 Å². The summed E-state index contributed by atoms with van der Waals surface area (Å²) in [6.07, 6.45) is 5.21. The predicted molar refractivity (Wildman–Crippen MR) is 110 cm³/mol. The summed E-state index contributed by atoms with van der Waals surface area (Å²) in [6.45, 7) is 1.39. The molecule has 1 saturated heterocycles. The average Bonchev–Trinajstić information content (AvgIpc) is 2.79. The van der Waals surface area contributed by atoms with E-state index in [2.05, 4.69) is 4.98 Å². The highest BCUT2D eigenvalue weighted by molar-refractivity contribution is 5.94. The van der Waals surface area contributed by atoms with Crippen molar-refractivity contribution in [3.05, 3.63) is 83.8 Å². The number of nitrogens with two attached hydrogens (primary N) is 1. The number of hydrogen-bond acceptors (Lipinski definition) is 4. The molecule has 0 aliphatic carbocycles. The molecule has 0 spiro atoms. The Balaban J connectivity index is 1.53. The van der Waals surface area contributed by atoms with E-state index in [-0.39, 0.29) is 11.8 Å². The Morgan fingerprint density at radius 1 is 1.00 bits per heavy atom. The summed E-state index contributed by atoms with van der Waals surface area (Å²) in [4.78, 5) is 34.8. The van der Waals surface area contributed by atoms with Crippen LogP contribution in [-0.2, 0) is 0 Å². The highest BCUT2D eigenvalue weighted by Crippen LogP contribution is 2.28. The summed E-state index contributed by atoms with van der Waals surface area (Å²) in [5.41, 5.74) is 9.15. The first-order valence-electron chi connectivity index (χ1n) is 9.68. The first kappa shape index (κ1) is 18.8. The summed E-state index contributed by atoms with van der Waals surface area (Å²) in [6, 6.07) is 16.7. The van der Waals surface area contributed by atoms with Gasteiger partial charge in [-0.05, 0) is 49.2 Å². The lowest BCUT2D eigenvalue weighted by molar-refractivity contribution is 0.0705. The van der Waals surface area contributed by atoms with E-state index < -0.39 is 5.91 Å². The number of aromatic nitrogens is 2. The molecule has 1 fully saturated rings. The molecular formula is C23H22N4O2. The number of primary amides is 1. The van der Waals surface area contributed by atoms with Crippen LogP contribution in [0.2, 0.25) is 0 Å². The van der Waals surface area contributed by atoms with E-state index in [0.717, 1.165) is 36.3 Å². The van der Waals surface area contributed by atoms with E-state index in [0.29, 0.717) is 17.7 Å². The molecule has 4 rings (SSSR count). The number of piperidine rings is 1. The van der Waals surface area contributed by atoms with E-state index >= 15 is 0 Å². The zero-order valence-corrected chi connectivity index (χ0v) is 16.0. The van der Waals surface area contributed by atoms with Crippen LogP contribution in [0.3, 0.4) is 0 Å². The molecular weight excluding hydrogens is 364 g/mol. The van der Waals surface area contributed by atoms with Crippen LogP contribution in [0.25, 0.3) is 11.3 Å². The lowest BCUT2D eigenvalue weighted by atomic mass is 9.93. The molecule has 1 aliphatic rings. The van der Waals surface area contributed by atoms with E-state index in [1.165, 1.54) is 0 Å². The summed E-state index contributed by atoms with van der Waals surface area (Å²) in [7, 11) is 0. The summed E-state index contributed by atoms with van der Waals surface area (Å²) < 4.78 is 0. The number of amides is 2. The van der Waals surface area contributed by atoms with E-state index in [1.807, 2.05) is 35.2 Å². The second-order valence-corrected chi connectivity index (χ2v) is 7.22. The molecule has 1 unspecified atom stereocenters. The van der Waals surface area contributed by atoms with Crippen LogP contribution in [0, 0.1) is 0 Å². The number of carbonyl (C=O) groups excluding carboxylic acids is 2. The number of carbonyl (C=O) groups is 2. The molecule has 1 aliphatic heterocycles. The monoisotopic (exact) mass is 386 g/mol. The van der Waals surface area contributed by atoms with Crippen molar-refractivity contribution in [1.82, 2.24) is 14.9 Å². The minimum atomic E-state index is -0.446. The van der Waals surface area contributed by atoms with Gasteiger partial charge < -0.3 is 10.6 Å². The SMILES string of the molecule is NC(=O)c1ccc(-c2cccc(C3CCCN(C(=O)c4cccnc4)C3)n2)cc1. The second kappa shape index (κ2) is 8.22. The van der Waals surface area contributed by atoms with Gasteiger partial charge in [0.25, 0.3) is 5.91 Å². The standard InChI is InChI=1S/C23H22N4O2/c24-22(28)17-10-8-16(9-11-17)20-6-1-7-21(26-20)19-5-3-13-27(15-19)23(29)18-4-2-12-25-14-18/h1-2,4,6-12,14,19H,3,5,13,15H2,(H2,24,28). The molecule has 2 N–H and O–H groups in total. The Kier molecular flexibility index (Phi) is 5.33. The molecule has 2 aromatic heterocycles. The number of rotatable bonds is 4. The number of nitrogens with zero attached hydrogens (tertiary/aromatic N) is 3. The van der Waals surface area contributed by atoms with Crippen LogP contribution in [0.1, 0.15) is 45.2 Å². The number of likely N-dealkylation sites (tertiary alicyclic amines) is 1. The minimum Gasteiger partial charge on any atom is -0.366 e. The third-order valence-corrected chi connectivity index (χ3v) is 5.27. The van der Waals surface area contributed by atoms with Gasteiger partial charge in [0.05, 0.1) is 11.3 Å². The van der Waals surface area contributed by atoms with Crippen molar-refractivity contribution in [3.63, 3.8) is 0 Å². The van der Waals surface area contributed by atoms with Crippen molar-refractivity contribution in [1.29, 1.82) is 0 Å². The number of benzene rings is 1. The molecule has 1 atom stereocenters. The fraction of sp³-hybridized carbons (Fsp3) is 0.217. The van der Waals surface area contributed by atoms with E-state index in [1.54, 1.807) is 36.7 Å². The maximum atomic E-state index is 12.8. The zero-order valence-electron chi connectivity index (χ0n) is 16.0. The van der Waals surface area contributed by atoms with Gasteiger partial charge in [0.15, 0.2) is 0 Å². The average molecular weight is 386 g/mol. The van der Waals surface area contributed by atoms with Gasteiger partial charge in [0.2, 0.25) is 5.91 Å². The van der Waals surface area contributed by atoms with Crippen LogP contribution in [0.15, 0.2) is 67.0 Å². The molecule has 2 amide bonds. The molecule has 3 heterocycles. The van der Waals surface area contributed by atoms with Crippen LogP contribution in [0.5, 0.6) is 0 Å². The summed E-state index contributed by atoms with van der Waals surface area (Å²) in [5.74, 6) is -0.242. The Morgan fingerprint density at radius 3 is 2.55 bits per heavy atom. The normalized spacial score (nSPS) is 16.4. The fourth-order valence-electron chi connectivity index (χ4n) is 3.72. The second-order valence-electron chi connectivity index (χ2n) is 7.22. The smallest absolute Gasteiger partial charge is 0.255 e. The van der Waals surface area contributed by atoms with Gasteiger partial charge >= 0.3 is 0 Å². The van der Waals surface area contributed by atoms with Crippen LogP contribution < -0.4 is 5.73 Å². The van der Waals surface area contributed by atoms with Crippen molar-refractivity contribution >= 4 is 11.8 Å². The van der Waals surface area contributed by atoms with Crippen LogP contribution in [0.4, 0.5) is 0 Å². The Hall–Kier alpha value is -3.54. The predicted octanol–water partition coefficient (Wildman–Crippen LogP) is 3.26. The minimum absolute atomic E-state index is 0.0148. The fourth-order valence-corrected chi connectivity index (χ4v) is 3.72. The summed E-state index contributed by atoms with van der Waals surface area (Å²) in [5, 5.41) is 0. The Morgan fingerprint density at radius 2 is 1.83 bits per heavy atom. The first-order valence-corrected chi connectivity index (χ1v) is 9.68. The van der Waals surface area contributed by atoms with Gasteiger partial charge in [-0.3, -0.25) is 19.6 Å². The highest BCUT2D eigenvalue weighted by Gasteiger charge is 2.26. The maximum Gasteiger partial charge on any atom is 0.255 e. The molecule has 3 aromatic rings. The third-order valence-electron chi connectivity index (χ3n) is 5.27. The van der Waals surface area contributed by atoms with E-state index in [4.69, 9.17) is 10.7 Å². The van der Waals surface area contributed by atoms with Crippen molar-refractivity contribution in [2.75, 3.05) is 13.1 Å². The molecule has 146 valence electrons. The third kappa shape index (κ3) is 4.16. The topological polar surface area (TPSA) is 89.2 Å². The molecule has 0 saturated carbocycles. The molecule has 6 heteroatoms. The molecule has 6 nitrogen and oxygen atoms in total. The number of pyridine rings is 2. The van der Waals surface area contributed by atoms with Gasteiger partial charge in [-0.2, -0.15) is 0 Å². The Bertz CT molecular complexity index is 1020. The largest absolute Gasteiger partial charge is 0.366 e. The van der Waals surface area contributed by atoms with Gasteiger partial charge in [-0.15, -0.1) is 0 Å². The Labute approximate surface area is 169 Å². The van der Waals surface area contributed by atoms with Crippen molar-refractivity contribution < 1.29 is 9.59 Å². The van der Waals surface area contributed by atoms with Gasteiger partial charge in [-0.25, -0.2) is 0 Å². The lowest BCUT2D eigenvalue weighted by Gasteiger charge is -2.32. The summed E-state index contributed by atoms with van der Waals surface area (Å²) >= 11 is 0. The number of hydrogen-bond donors (Lipinski definition) is 1. The highest BCUT2D eigenvalue weighted by atomic mass is 16.2. The van der Waals surface area contributed by atoms with Gasteiger partial charge in [0, 0.05) is 48.2 Å². The maximum absolute atomic E-state index is 12.8. The molecule has 1 aromatic carbocycles. The lowest BCUT2D eigenvalue weighted by Crippen LogP contribution is -2.39. The van der Waals surface area contributed by atoms with Crippen molar-refractivity contribution in [2.45, 2.75) is 18.8 Å². The van der Waals surface area contributed by atoms with Crippen molar-refractivity contribution in [3.8, 4) is 11.3 Å². The molecule has 0 radical (unpaired) electrons. The van der Waals surface area contributed by atoms with Crippen LogP contribution >= 0.6 is 0 Å². The molecule has 29 heavy (non-hydrogen) atoms. The zero-order chi connectivity index (χ0) is 20.2. The van der Waals surface area contributed by atoms with Crippen molar-refractivity contribution in [2.24, 2.45) is 5.73 Å². The van der Waals surface area contributed by atoms with E-state index in [9.17, 15) is 9.59 Å². The first-order chi connectivity index (χ1) is 14.1. The van der Waals surface area contributed by atoms with Gasteiger partial charge in [0.1, 0.15) is 0 Å². The van der Waals surface area contributed by atoms with Gasteiger partial charge in [-0.1, -0.05) is 18.2 Å². The molecule has 0 bridgehead atoms.